The monoisotopic (exact) mass is 462 g/mol. The molecule has 0 spiro atoms. The summed E-state index contributed by atoms with van der Waals surface area (Å²) in [6, 6.07) is 13.4. The van der Waals surface area contributed by atoms with Crippen LogP contribution in [0.25, 0.3) is 0 Å². The van der Waals surface area contributed by atoms with Crippen molar-refractivity contribution in [2.45, 2.75) is 25.1 Å². The van der Waals surface area contributed by atoms with Crippen LogP contribution in [0.15, 0.2) is 48.5 Å². The molecule has 3 nitrogen and oxygen atoms in total. The molecule has 0 aliphatic carbocycles. The quantitative estimate of drug-likeness (QED) is 0.602. The van der Waals surface area contributed by atoms with Gasteiger partial charge in [-0.3, -0.25) is 4.90 Å². The molecule has 2 aromatic carbocycles. The number of fused-ring (bicyclic) bond motifs is 1. The van der Waals surface area contributed by atoms with Crippen molar-refractivity contribution in [2.24, 2.45) is 0 Å². The fraction of sp³-hybridized carbons (Fsp3) is 0.455. The summed E-state index contributed by atoms with van der Waals surface area (Å²) >= 11 is 0. The first kappa shape index (κ1) is 24.8. The van der Waals surface area contributed by atoms with Gasteiger partial charge in [0, 0.05) is 25.2 Å². The van der Waals surface area contributed by atoms with E-state index in [9.17, 15) is 13.2 Å². The van der Waals surface area contributed by atoms with Crippen LogP contribution in [0, 0.1) is 0 Å². The van der Waals surface area contributed by atoms with Crippen LogP contribution < -0.4 is 4.74 Å². The van der Waals surface area contributed by atoms with Crippen molar-refractivity contribution in [3.05, 3.63) is 65.2 Å². The predicted molar refractivity (Wildman–Crippen MR) is 117 cm³/mol. The maximum Gasteiger partial charge on any atom is 0.416 e. The Morgan fingerprint density at radius 3 is 2.27 bits per heavy atom. The molecule has 8 heteroatoms. The normalized spacial score (nSPS) is 19.8. The lowest BCUT2D eigenvalue weighted by molar-refractivity contribution is -0.137. The van der Waals surface area contributed by atoms with Gasteiger partial charge in [0.25, 0.3) is 0 Å². The maximum absolute atomic E-state index is 13.4. The van der Waals surface area contributed by atoms with E-state index in [0.29, 0.717) is 24.5 Å². The first-order valence-corrected chi connectivity index (χ1v) is 9.88. The fourth-order valence-electron chi connectivity index (χ4n) is 4.21. The highest BCUT2D eigenvalue weighted by atomic mass is 35.5. The van der Waals surface area contributed by atoms with Gasteiger partial charge in [0.05, 0.1) is 11.6 Å². The second-order valence-corrected chi connectivity index (χ2v) is 7.50. The Morgan fingerprint density at radius 2 is 1.60 bits per heavy atom. The third-order valence-corrected chi connectivity index (χ3v) is 5.65. The molecule has 0 amide bonds. The first-order valence-electron chi connectivity index (χ1n) is 9.88. The molecule has 2 aromatic rings. The summed E-state index contributed by atoms with van der Waals surface area (Å²) in [5, 5.41) is 0. The van der Waals surface area contributed by atoms with Crippen LogP contribution in [-0.4, -0.2) is 49.1 Å². The van der Waals surface area contributed by atoms with Crippen LogP contribution in [-0.2, 0) is 6.18 Å². The van der Waals surface area contributed by atoms with Gasteiger partial charge in [0.1, 0.15) is 12.4 Å². The van der Waals surface area contributed by atoms with E-state index in [0.717, 1.165) is 37.8 Å². The molecule has 1 unspecified atom stereocenters. The van der Waals surface area contributed by atoms with Crippen molar-refractivity contribution in [1.29, 1.82) is 0 Å². The van der Waals surface area contributed by atoms with E-state index in [4.69, 9.17) is 4.74 Å². The van der Waals surface area contributed by atoms with Crippen LogP contribution in [0.4, 0.5) is 13.2 Å². The Labute approximate surface area is 188 Å². The molecule has 4 rings (SSSR count). The van der Waals surface area contributed by atoms with Gasteiger partial charge in [-0.1, -0.05) is 30.3 Å². The minimum Gasteiger partial charge on any atom is -0.492 e. The van der Waals surface area contributed by atoms with Crippen molar-refractivity contribution in [3.63, 3.8) is 0 Å². The van der Waals surface area contributed by atoms with Gasteiger partial charge in [-0.15, -0.1) is 24.8 Å². The molecule has 2 heterocycles. The number of halogens is 5. The van der Waals surface area contributed by atoms with E-state index in [1.54, 1.807) is 0 Å². The van der Waals surface area contributed by atoms with Crippen LogP contribution in [0.3, 0.4) is 0 Å². The molecule has 0 bridgehead atoms. The second kappa shape index (κ2) is 10.7. The number of rotatable bonds is 4. The fourth-order valence-corrected chi connectivity index (χ4v) is 4.21. The third kappa shape index (κ3) is 5.61. The van der Waals surface area contributed by atoms with Crippen molar-refractivity contribution >= 4 is 24.8 Å². The van der Waals surface area contributed by atoms with Crippen LogP contribution >= 0.6 is 24.8 Å². The lowest BCUT2D eigenvalue weighted by Crippen LogP contribution is -2.38. The standard InChI is InChI=1S/C22H25F3N2O.2ClH/c23-22(24,25)18-8-9-20-19(16-18)21(17-6-2-1-3-7-17)27(14-15-28-20)13-12-26-10-4-5-11-26;;/h1-3,6-9,16,21H,4-5,10-15H2;2*1H. The Morgan fingerprint density at radius 1 is 0.900 bits per heavy atom. The molecule has 2 aliphatic heterocycles. The summed E-state index contributed by atoms with van der Waals surface area (Å²) in [4.78, 5) is 4.69. The van der Waals surface area contributed by atoms with E-state index >= 15 is 0 Å². The highest BCUT2D eigenvalue weighted by Crippen LogP contribution is 2.40. The number of nitrogens with zero attached hydrogens (tertiary/aromatic N) is 2. The number of ether oxygens (including phenoxy) is 1. The van der Waals surface area contributed by atoms with E-state index < -0.39 is 11.7 Å². The lowest BCUT2D eigenvalue weighted by atomic mass is 9.94. The molecule has 0 N–H and O–H groups in total. The van der Waals surface area contributed by atoms with Crippen molar-refractivity contribution < 1.29 is 17.9 Å². The summed E-state index contributed by atoms with van der Waals surface area (Å²) < 4.78 is 46.0. The highest BCUT2D eigenvalue weighted by Gasteiger charge is 2.34. The number of hydrogen-bond donors (Lipinski definition) is 0. The maximum atomic E-state index is 13.4. The Bertz CT molecular complexity index is 799. The van der Waals surface area contributed by atoms with Gasteiger partial charge >= 0.3 is 6.18 Å². The van der Waals surface area contributed by atoms with Gasteiger partial charge in [0.2, 0.25) is 0 Å². The largest absolute Gasteiger partial charge is 0.492 e. The smallest absolute Gasteiger partial charge is 0.416 e. The van der Waals surface area contributed by atoms with E-state index in [-0.39, 0.29) is 30.9 Å². The van der Waals surface area contributed by atoms with Gasteiger partial charge < -0.3 is 9.64 Å². The average Bonchev–Trinajstić information content (AvgIpc) is 3.13. The van der Waals surface area contributed by atoms with E-state index in [1.165, 1.54) is 25.0 Å². The van der Waals surface area contributed by atoms with E-state index in [1.807, 2.05) is 30.3 Å². The number of hydrogen-bond acceptors (Lipinski definition) is 3. The van der Waals surface area contributed by atoms with Gasteiger partial charge in [-0.05, 0) is 49.7 Å². The van der Waals surface area contributed by atoms with Gasteiger partial charge in [0.15, 0.2) is 0 Å². The molecule has 0 saturated carbocycles. The molecular weight excluding hydrogens is 436 g/mol. The summed E-state index contributed by atoms with van der Waals surface area (Å²) in [6.45, 7) is 5.10. The van der Waals surface area contributed by atoms with Crippen LogP contribution in [0.1, 0.15) is 35.6 Å². The molecule has 166 valence electrons. The van der Waals surface area contributed by atoms with Crippen molar-refractivity contribution in [3.8, 4) is 5.75 Å². The number of alkyl halides is 3. The van der Waals surface area contributed by atoms with Crippen LogP contribution in [0.5, 0.6) is 5.75 Å². The summed E-state index contributed by atoms with van der Waals surface area (Å²) in [7, 11) is 0. The average molecular weight is 463 g/mol. The molecule has 0 radical (unpaired) electrons. The van der Waals surface area contributed by atoms with Crippen molar-refractivity contribution in [1.82, 2.24) is 9.80 Å². The summed E-state index contributed by atoms with van der Waals surface area (Å²) in [5.74, 6) is 0.547. The molecule has 30 heavy (non-hydrogen) atoms. The van der Waals surface area contributed by atoms with Crippen molar-refractivity contribution in [2.75, 3.05) is 39.3 Å². The van der Waals surface area contributed by atoms with Gasteiger partial charge in [-0.2, -0.15) is 13.2 Å². The Kier molecular flexibility index (Phi) is 8.85. The lowest BCUT2D eigenvalue weighted by Gasteiger charge is -2.32. The number of likely N-dealkylation sites (tertiary alicyclic amines) is 1. The molecule has 1 saturated heterocycles. The summed E-state index contributed by atoms with van der Waals surface area (Å²) in [6.07, 6.45) is -1.92. The topological polar surface area (TPSA) is 15.7 Å². The molecule has 0 aromatic heterocycles. The summed E-state index contributed by atoms with van der Waals surface area (Å²) in [5.41, 5.74) is 0.965. The van der Waals surface area contributed by atoms with Gasteiger partial charge in [-0.25, -0.2) is 0 Å². The Hall–Kier alpha value is -1.47. The SMILES string of the molecule is Cl.Cl.FC(F)(F)c1ccc2c(c1)C(c1ccccc1)N(CCN1CCCC1)CCO2. The minimum absolute atomic E-state index is 0. The second-order valence-electron chi connectivity index (χ2n) is 7.50. The molecule has 1 fully saturated rings. The third-order valence-electron chi connectivity index (χ3n) is 5.65. The molecule has 1 atom stereocenters. The zero-order chi connectivity index (χ0) is 19.6. The molecule has 2 aliphatic rings. The predicted octanol–water partition coefficient (Wildman–Crippen LogP) is 5.43. The number of benzene rings is 2. The molecular formula is C22H27Cl2F3N2O. The zero-order valence-corrected chi connectivity index (χ0v) is 18.2. The Balaban J connectivity index is 0.00000160. The first-order chi connectivity index (χ1) is 13.5. The zero-order valence-electron chi connectivity index (χ0n) is 16.6. The van der Waals surface area contributed by atoms with E-state index in [2.05, 4.69) is 9.80 Å². The minimum atomic E-state index is -4.37. The highest BCUT2D eigenvalue weighted by molar-refractivity contribution is 5.85. The van der Waals surface area contributed by atoms with Crippen LogP contribution in [0.2, 0.25) is 0 Å².